The molecule has 7 rings (SSSR count). The lowest BCUT2D eigenvalue weighted by atomic mass is 9.89. The van der Waals surface area contributed by atoms with E-state index in [1.807, 2.05) is 0 Å². The molecule has 0 heterocycles. The molecule has 0 atom stereocenters. The third-order valence-corrected chi connectivity index (χ3v) is 7.63. The van der Waals surface area contributed by atoms with E-state index in [-0.39, 0.29) is 0 Å². The molecule has 0 bridgehead atoms. The first-order valence-corrected chi connectivity index (χ1v) is 13.4. The van der Waals surface area contributed by atoms with Gasteiger partial charge in [0, 0.05) is 5.92 Å². The summed E-state index contributed by atoms with van der Waals surface area (Å²) in [5.74, 6) is 0.378. The van der Waals surface area contributed by atoms with Crippen molar-refractivity contribution in [2.45, 2.75) is 26.7 Å². The monoisotopic (exact) mass is 488 g/mol. The summed E-state index contributed by atoms with van der Waals surface area (Å²) < 4.78 is 0. The highest BCUT2D eigenvalue weighted by molar-refractivity contribution is 5.88. The fraction of sp³-hybridized carbons (Fsp3) is 0.105. The van der Waals surface area contributed by atoms with E-state index in [1.165, 1.54) is 66.4 Å². The predicted molar refractivity (Wildman–Crippen MR) is 163 cm³/mol. The van der Waals surface area contributed by atoms with Gasteiger partial charge in [-0.05, 0) is 76.6 Å². The number of hydrogen-bond donors (Lipinski definition) is 0. The highest BCUT2D eigenvalue weighted by Crippen LogP contribution is 2.47. The van der Waals surface area contributed by atoms with Gasteiger partial charge < -0.3 is 0 Å². The molecule has 1 aliphatic rings. The highest BCUT2D eigenvalue weighted by Gasteiger charge is 2.28. The van der Waals surface area contributed by atoms with Gasteiger partial charge in [-0.1, -0.05) is 144 Å². The van der Waals surface area contributed by atoms with E-state index in [0.29, 0.717) is 5.92 Å². The zero-order valence-electron chi connectivity index (χ0n) is 22.3. The molecule has 0 radical (unpaired) electrons. The van der Waals surface area contributed by atoms with Crippen LogP contribution in [0.2, 0.25) is 0 Å². The van der Waals surface area contributed by atoms with Gasteiger partial charge in [-0.15, -0.1) is 0 Å². The van der Waals surface area contributed by atoms with Gasteiger partial charge in [-0.3, -0.25) is 0 Å². The van der Waals surface area contributed by atoms with Crippen LogP contribution in [0.1, 0.15) is 39.3 Å². The second-order valence-electron chi connectivity index (χ2n) is 10.4. The lowest BCUT2D eigenvalue weighted by Gasteiger charge is -2.14. The summed E-state index contributed by atoms with van der Waals surface area (Å²) in [6, 6.07) is 48.5. The fourth-order valence-corrected chi connectivity index (χ4v) is 5.57. The molecule has 0 aromatic heterocycles. The molecular weight excluding hydrogens is 456 g/mol. The second-order valence-corrected chi connectivity index (χ2v) is 10.4. The highest BCUT2D eigenvalue weighted by atomic mass is 14.3. The minimum Gasteiger partial charge on any atom is -0.0619 e. The Balaban J connectivity index is 0.000000140. The van der Waals surface area contributed by atoms with Crippen molar-refractivity contribution in [3.8, 4) is 22.3 Å². The Morgan fingerprint density at radius 3 is 1.53 bits per heavy atom. The van der Waals surface area contributed by atoms with Crippen LogP contribution in [-0.2, 0) is 0 Å². The molecule has 0 fully saturated rings. The molecule has 6 aromatic carbocycles. The van der Waals surface area contributed by atoms with Crippen LogP contribution in [0.15, 0.2) is 133 Å². The topological polar surface area (TPSA) is 0 Å². The summed E-state index contributed by atoms with van der Waals surface area (Å²) in [6.45, 7) is 6.39. The minimum absolute atomic E-state index is 0.378. The maximum atomic E-state index is 2.27. The Morgan fingerprint density at radius 1 is 0.395 bits per heavy atom. The van der Waals surface area contributed by atoms with Crippen LogP contribution in [-0.4, -0.2) is 0 Å². The lowest BCUT2D eigenvalue weighted by molar-refractivity contribution is 1.01. The molecule has 0 heteroatoms. The molecule has 0 aliphatic heterocycles. The first-order valence-electron chi connectivity index (χ1n) is 13.4. The average Bonchev–Trinajstić information content (AvgIpc) is 3.28. The number of fused-ring (bicyclic) bond motifs is 4. The van der Waals surface area contributed by atoms with Crippen molar-refractivity contribution in [1.82, 2.24) is 0 Å². The molecule has 0 saturated heterocycles. The molecule has 0 nitrogen and oxygen atoms in total. The lowest BCUT2D eigenvalue weighted by Crippen LogP contribution is -1.98. The zero-order valence-corrected chi connectivity index (χ0v) is 22.3. The third-order valence-electron chi connectivity index (χ3n) is 7.63. The van der Waals surface area contributed by atoms with E-state index in [9.17, 15) is 0 Å². The van der Waals surface area contributed by atoms with Gasteiger partial charge >= 0.3 is 0 Å². The standard InChI is InChI=1S/C20H16.C18H16/c1-14-10-12-15(13-11-14)20-18-8-4-2-6-16(18)17-7-3-5-9-19(17)20;1-13-3-6-15(7-4-13)17-10-9-16-8-5-14(2)11-18(16)12-17/h2-13,20H,1H3;3-12H,1-2H3. The van der Waals surface area contributed by atoms with Crippen LogP contribution in [0.25, 0.3) is 33.0 Å². The molecule has 6 aromatic rings. The van der Waals surface area contributed by atoms with Gasteiger partial charge in [-0.2, -0.15) is 0 Å². The Hall–Kier alpha value is -4.42. The number of benzene rings is 6. The van der Waals surface area contributed by atoms with E-state index in [2.05, 4.69) is 154 Å². The summed E-state index contributed by atoms with van der Waals surface area (Å²) in [4.78, 5) is 0. The summed E-state index contributed by atoms with van der Waals surface area (Å²) in [6.07, 6.45) is 0. The van der Waals surface area contributed by atoms with E-state index in [1.54, 1.807) is 0 Å². The largest absolute Gasteiger partial charge is 0.0619 e. The van der Waals surface area contributed by atoms with Crippen LogP contribution in [0.5, 0.6) is 0 Å². The molecule has 1 aliphatic carbocycles. The molecular formula is C38H32. The van der Waals surface area contributed by atoms with E-state index in [0.717, 1.165) is 0 Å². The second kappa shape index (κ2) is 10.1. The molecule has 0 unspecified atom stereocenters. The van der Waals surface area contributed by atoms with Crippen LogP contribution < -0.4 is 0 Å². The summed E-state index contributed by atoms with van der Waals surface area (Å²) in [5.41, 5.74) is 13.5. The van der Waals surface area contributed by atoms with Gasteiger partial charge in [0.15, 0.2) is 0 Å². The number of rotatable bonds is 2. The number of hydrogen-bond acceptors (Lipinski definition) is 0. The Labute approximate surface area is 226 Å². The van der Waals surface area contributed by atoms with Crippen LogP contribution >= 0.6 is 0 Å². The summed E-state index contributed by atoms with van der Waals surface area (Å²) >= 11 is 0. The van der Waals surface area contributed by atoms with Crippen molar-refractivity contribution < 1.29 is 0 Å². The van der Waals surface area contributed by atoms with Gasteiger partial charge in [0.05, 0.1) is 0 Å². The van der Waals surface area contributed by atoms with Gasteiger partial charge in [0.2, 0.25) is 0 Å². The Bertz CT molecular complexity index is 1670. The SMILES string of the molecule is Cc1ccc(-c2ccc3ccc(C)cc3c2)cc1.Cc1ccc(C2c3ccccc3-c3ccccc32)cc1. The average molecular weight is 489 g/mol. The number of aryl methyl sites for hydroxylation is 3. The third kappa shape index (κ3) is 4.66. The maximum absolute atomic E-state index is 2.27. The van der Waals surface area contributed by atoms with Crippen LogP contribution in [0, 0.1) is 20.8 Å². The van der Waals surface area contributed by atoms with Crippen LogP contribution in [0.4, 0.5) is 0 Å². The summed E-state index contributed by atoms with van der Waals surface area (Å²) in [7, 11) is 0. The van der Waals surface area contributed by atoms with Crippen LogP contribution in [0.3, 0.4) is 0 Å². The molecule has 0 N–H and O–H groups in total. The minimum atomic E-state index is 0.378. The van der Waals surface area contributed by atoms with E-state index >= 15 is 0 Å². The van der Waals surface area contributed by atoms with Gasteiger partial charge in [-0.25, -0.2) is 0 Å². The molecule has 184 valence electrons. The quantitative estimate of drug-likeness (QED) is 0.227. The van der Waals surface area contributed by atoms with Crippen molar-refractivity contribution in [1.29, 1.82) is 0 Å². The van der Waals surface area contributed by atoms with E-state index in [4.69, 9.17) is 0 Å². The van der Waals surface area contributed by atoms with Crippen molar-refractivity contribution in [3.63, 3.8) is 0 Å². The first-order chi connectivity index (χ1) is 18.6. The fourth-order valence-electron chi connectivity index (χ4n) is 5.57. The smallest absolute Gasteiger partial charge is 0.0352 e. The van der Waals surface area contributed by atoms with Gasteiger partial charge in [0.25, 0.3) is 0 Å². The molecule has 0 amide bonds. The Morgan fingerprint density at radius 2 is 0.895 bits per heavy atom. The first kappa shape index (κ1) is 23.9. The molecule has 0 spiro atoms. The zero-order chi connectivity index (χ0) is 26.1. The normalized spacial score (nSPS) is 12.0. The molecule has 0 saturated carbocycles. The maximum Gasteiger partial charge on any atom is 0.0352 e. The van der Waals surface area contributed by atoms with E-state index < -0.39 is 0 Å². The van der Waals surface area contributed by atoms with Crippen molar-refractivity contribution in [2.75, 3.05) is 0 Å². The van der Waals surface area contributed by atoms with Crippen molar-refractivity contribution in [3.05, 3.63) is 167 Å². The van der Waals surface area contributed by atoms with Gasteiger partial charge in [0.1, 0.15) is 0 Å². The predicted octanol–water partition coefficient (Wildman–Crippen LogP) is 10.3. The molecule has 38 heavy (non-hydrogen) atoms. The van der Waals surface area contributed by atoms with Crippen molar-refractivity contribution in [2.24, 2.45) is 0 Å². The summed E-state index contributed by atoms with van der Waals surface area (Å²) in [5, 5.41) is 2.62. The Kier molecular flexibility index (Phi) is 6.40. The van der Waals surface area contributed by atoms with Crippen molar-refractivity contribution >= 4 is 10.8 Å².